The zero-order valence-corrected chi connectivity index (χ0v) is 19.4. The molecule has 1 aliphatic rings. The highest BCUT2D eigenvalue weighted by Crippen LogP contribution is 2.32. The molecule has 1 heterocycles. The monoisotopic (exact) mass is 461 g/mol. The zero-order chi connectivity index (χ0) is 23.9. The van der Waals surface area contributed by atoms with Gasteiger partial charge in [-0.1, -0.05) is 30.3 Å². The average molecular weight is 462 g/mol. The molecular formula is C27H31N3O4. The predicted molar refractivity (Wildman–Crippen MR) is 132 cm³/mol. The number of carboxylic acid groups (broad SMARTS) is 1. The number of aliphatic carboxylic acids is 1. The first-order chi connectivity index (χ1) is 16.5. The molecule has 1 fully saturated rings. The van der Waals surface area contributed by atoms with Crippen molar-refractivity contribution in [1.29, 1.82) is 0 Å². The van der Waals surface area contributed by atoms with E-state index in [-0.39, 0.29) is 6.10 Å². The Labute approximate surface area is 199 Å². The Bertz CT molecular complexity index is 1110. The minimum Gasteiger partial charge on any atom is -0.493 e. The van der Waals surface area contributed by atoms with E-state index in [1.54, 1.807) is 13.3 Å². The number of rotatable bonds is 10. The Kier molecular flexibility index (Phi) is 7.65. The molecule has 0 spiro atoms. The summed E-state index contributed by atoms with van der Waals surface area (Å²) in [6.07, 6.45) is 8.79. The summed E-state index contributed by atoms with van der Waals surface area (Å²) in [5.74, 6) is 0.552. The van der Waals surface area contributed by atoms with Crippen LogP contribution < -0.4 is 20.5 Å². The third kappa shape index (κ3) is 6.05. The van der Waals surface area contributed by atoms with Gasteiger partial charge in [0, 0.05) is 24.5 Å². The molecule has 0 saturated heterocycles. The van der Waals surface area contributed by atoms with Gasteiger partial charge in [0.1, 0.15) is 6.04 Å². The van der Waals surface area contributed by atoms with Crippen LogP contribution in [0.15, 0.2) is 60.9 Å². The molecule has 0 bridgehead atoms. The number of carboxylic acids is 1. The summed E-state index contributed by atoms with van der Waals surface area (Å²) in [4.78, 5) is 15.3. The second-order valence-corrected chi connectivity index (χ2v) is 8.67. The second-order valence-electron chi connectivity index (χ2n) is 8.67. The Morgan fingerprint density at radius 2 is 1.79 bits per heavy atom. The number of hydrogen-bond acceptors (Lipinski definition) is 6. The van der Waals surface area contributed by atoms with Crippen LogP contribution in [0.3, 0.4) is 0 Å². The smallest absolute Gasteiger partial charge is 0.320 e. The molecule has 1 aromatic heterocycles. The number of methoxy groups -OCH3 is 1. The van der Waals surface area contributed by atoms with Crippen LogP contribution in [0.4, 0.5) is 5.69 Å². The molecule has 4 N–H and O–H groups in total. The highest BCUT2D eigenvalue weighted by molar-refractivity contribution is 5.73. The lowest BCUT2D eigenvalue weighted by Crippen LogP contribution is -2.32. The van der Waals surface area contributed by atoms with Gasteiger partial charge in [0.25, 0.3) is 0 Å². The molecule has 178 valence electrons. The fraction of sp³-hybridized carbons (Fsp3) is 0.333. The Morgan fingerprint density at radius 3 is 2.50 bits per heavy atom. The first-order valence-corrected chi connectivity index (χ1v) is 11.6. The normalized spacial score (nSPS) is 14.5. The van der Waals surface area contributed by atoms with Crippen molar-refractivity contribution in [3.05, 3.63) is 72.1 Å². The molecule has 1 saturated carbocycles. The van der Waals surface area contributed by atoms with E-state index in [4.69, 9.17) is 20.3 Å². The van der Waals surface area contributed by atoms with Gasteiger partial charge in [0.15, 0.2) is 11.5 Å². The molecule has 4 rings (SSSR count). The largest absolute Gasteiger partial charge is 0.493 e. The summed E-state index contributed by atoms with van der Waals surface area (Å²) in [6, 6.07) is 14.9. The molecule has 2 aromatic carbocycles. The lowest BCUT2D eigenvalue weighted by molar-refractivity contribution is -0.138. The van der Waals surface area contributed by atoms with Gasteiger partial charge in [-0.15, -0.1) is 0 Å². The molecule has 0 amide bonds. The van der Waals surface area contributed by atoms with E-state index < -0.39 is 12.0 Å². The predicted octanol–water partition coefficient (Wildman–Crippen LogP) is 4.65. The quantitative estimate of drug-likeness (QED) is 0.404. The van der Waals surface area contributed by atoms with Gasteiger partial charge >= 0.3 is 5.97 Å². The van der Waals surface area contributed by atoms with Gasteiger partial charge in [-0.05, 0) is 67.0 Å². The maximum Gasteiger partial charge on any atom is 0.320 e. The van der Waals surface area contributed by atoms with Gasteiger partial charge in [0.2, 0.25) is 0 Å². The number of carbonyl (C=O) groups is 1. The maximum atomic E-state index is 11.0. The molecule has 3 aromatic rings. The summed E-state index contributed by atoms with van der Waals surface area (Å²) < 4.78 is 11.7. The fourth-order valence-electron chi connectivity index (χ4n) is 4.18. The zero-order valence-electron chi connectivity index (χ0n) is 19.4. The summed E-state index contributed by atoms with van der Waals surface area (Å²) in [7, 11) is 1.67. The molecular weight excluding hydrogens is 430 g/mol. The van der Waals surface area contributed by atoms with E-state index in [1.807, 2.05) is 54.7 Å². The van der Waals surface area contributed by atoms with E-state index in [0.29, 0.717) is 13.0 Å². The van der Waals surface area contributed by atoms with Gasteiger partial charge in [-0.3, -0.25) is 9.78 Å². The number of nitrogens with zero attached hydrogens (tertiary/aromatic N) is 1. The minimum atomic E-state index is -0.999. The van der Waals surface area contributed by atoms with E-state index in [2.05, 4.69) is 10.3 Å². The average Bonchev–Trinajstić information content (AvgIpc) is 3.36. The third-order valence-corrected chi connectivity index (χ3v) is 6.12. The SMILES string of the molecule is COc1ccc(CNc2cncc(-c3ccc(C[C@H](N)C(=O)O)cc3)c2)cc1OC1CCCC1. The van der Waals surface area contributed by atoms with Crippen molar-refractivity contribution in [3.8, 4) is 22.6 Å². The van der Waals surface area contributed by atoms with Gasteiger partial charge < -0.3 is 25.6 Å². The Morgan fingerprint density at radius 1 is 1.06 bits per heavy atom. The maximum absolute atomic E-state index is 11.0. The molecule has 1 atom stereocenters. The molecule has 0 aliphatic heterocycles. The first kappa shape index (κ1) is 23.6. The molecule has 1 aliphatic carbocycles. The summed E-state index contributed by atoms with van der Waals surface area (Å²) >= 11 is 0. The van der Waals surface area contributed by atoms with Crippen molar-refractivity contribution in [2.24, 2.45) is 5.73 Å². The first-order valence-electron chi connectivity index (χ1n) is 11.6. The van der Waals surface area contributed by atoms with Crippen LogP contribution in [0.25, 0.3) is 11.1 Å². The summed E-state index contributed by atoms with van der Waals surface area (Å²) in [5.41, 5.74) is 10.5. The van der Waals surface area contributed by atoms with Gasteiger partial charge in [-0.2, -0.15) is 0 Å². The number of hydrogen-bond donors (Lipinski definition) is 3. The third-order valence-electron chi connectivity index (χ3n) is 6.12. The lowest BCUT2D eigenvalue weighted by atomic mass is 10.0. The van der Waals surface area contributed by atoms with E-state index in [1.165, 1.54) is 12.8 Å². The van der Waals surface area contributed by atoms with Crippen LogP contribution in [0, 0.1) is 0 Å². The highest BCUT2D eigenvalue weighted by atomic mass is 16.5. The molecule has 34 heavy (non-hydrogen) atoms. The van der Waals surface area contributed by atoms with Crippen molar-refractivity contribution >= 4 is 11.7 Å². The topological polar surface area (TPSA) is 107 Å². The van der Waals surface area contributed by atoms with Crippen LogP contribution in [-0.2, 0) is 17.8 Å². The van der Waals surface area contributed by atoms with Gasteiger partial charge in [0.05, 0.1) is 18.9 Å². The van der Waals surface area contributed by atoms with Crippen LogP contribution in [0.1, 0.15) is 36.8 Å². The minimum absolute atomic E-state index is 0.268. The Hall–Kier alpha value is -3.58. The highest BCUT2D eigenvalue weighted by Gasteiger charge is 2.18. The molecule has 0 radical (unpaired) electrons. The number of nitrogens with two attached hydrogens (primary N) is 1. The molecule has 7 nitrogen and oxygen atoms in total. The number of ether oxygens (including phenoxy) is 2. The van der Waals surface area contributed by atoms with Gasteiger partial charge in [-0.25, -0.2) is 0 Å². The fourth-order valence-corrected chi connectivity index (χ4v) is 4.18. The van der Waals surface area contributed by atoms with E-state index in [0.717, 1.165) is 52.3 Å². The summed E-state index contributed by atoms with van der Waals surface area (Å²) in [5, 5.41) is 12.4. The van der Waals surface area contributed by atoms with Crippen molar-refractivity contribution in [2.45, 2.75) is 50.8 Å². The van der Waals surface area contributed by atoms with Crippen LogP contribution in [-0.4, -0.2) is 35.3 Å². The molecule has 0 unspecified atom stereocenters. The summed E-state index contributed by atoms with van der Waals surface area (Å²) in [6.45, 7) is 0.627. The van der Waals surface area contributed by atoms with E-state index in [9.17, 15) is 4.79 Å². The number of nitrogens with one attached hydrogen (secondary N) is 1. The number of benzene rings is 2. The van der Waals surface area contributed by atoms with Crippen LogP contribution in [0.2, 0.25) is 0 Å². The Balaban J connectivity index is 1.41. The van der Waals surface area contributed by atoms with Crippen molar-refractivity contribution < 1.29 is 19.4 Å². The van der Waals surface area contributed by atoms with Crippen molar-refractivity contribution in [2.75, 3.05) is 12.4 Å². The molecule has 7 heteroatoms. The lowest BCUT2D eigenvalue weighted by Gasteiger charge is -2.17. The second kappa shape index (κ2) is 11.0. The standard InChI is InChI=1S/C27H31N3O4/c1-33-25-11-8-19(13-26(25)34-23-4-2-3-5-23)15-30-22-14-21(16-29-17-22)20-9-6-18(7-10-20)12-24(28)27(31)32/h6-11,13-14,16-17,23-24,30H,2-5,12,15,28H2,1H3,(H,31,32)/t24-/m0/s1. The van der Waals surface area contributed by atoms with Crippen LogP contribution >= 0.6 is 0 Å². The number of anilines is 1. The number of pyridine rings is 1. The van der Waals surface area contributed by atoms with Crippen LogP contribution in [0.5, 0.6) is 11.5 Å². The van der Waals surface area contributed by atoms with E-state index >= 15 is 0 Å². The number of aromatic nitrogens is 1. The van der Waals surface area contributed by atoms with Crippen molar-refractivity contribution in [3.63, 3.8) is 0 Å². The van der Waals surface area contributed by atoms with Crippen molar-refractivity contribution in [1.82, 2.24) is 4.98 Å².